The molecule has 2 amide bonds. The van der Waals surface area contributed by atoms with Crippen molar-refractivity contribution in [2.24, 2.45) is 0 Å². The summed E-state index contributed by atoms with van der Waals surface area (Å²) in [5.74, 6) is 0. The number of urea groups is 1. The van der Waals surface area contributed by atoms with Crippen LogP contribution < -0.4 is 0 Å². The largest absolute Gasteiger partial charge is 0.331 e. The van der Waals surface area contributed by atoms with Crippen molar-refractivity contribution in [2.45, 2.75) is 13.0 Å². The fourth-order valence-electron chi connectivity index (χ4n) is 1.45. The number of carbonyl (C=O) groups excluding carboxylic acids is 1. The second kappa shape index (κ2) is 5.21. The monoisotopic (exact) mass is 240 g/mol. The van der Waals surface area contributed by atoms with Crippen LogP contribution in [0.3, 0.4) is 0 Å². The molecule has 4 heteroatoms. The van der Waals surface area contributed by atoms with Gasteiger partial charge in [0, 0.05) is 26.2 Å². The predicted octanol–water partition coefficient (Wildman–Crippen LogP) is 3.01. The first-order valence-corrected chi connectivity index (χ1v) is 5.51. The second-order valence-electron chi connectivity index (χ2n) is 4.02. The standard InChI is InChI=1S/C12H17ClN2O/c1-9(15(4)12(16)14(2)3)10-5-7-11(13)8-6-10/h5-9H,1-4H3. The Bertz CT molecular complexity index is 362. The van der Waals surface area contributed by atoms with Crippen molar-refractivity contribution in [3.63, 3.8) is 0 Å². The van der Waals surface area contributed by atoms with Crippen LogP contribution in [0.1, 0.15) is 18.5 Å². The number of amides is 2. The molecule has 0 bridgehead atoms. The fraction of sp³-hybridized carbons (Fsp3) is 0.417. The van der Waals surface area contributed by atoms with Gasteiger partial charge in [0.05, 0.1) is 6.04 Å². The predicted molar refractivity (Wildman–Crippen MR) is 66.7 cm³/mol. The van der Waals surface area contributed by atoms with Crippen molar-refractivity contribution in [1.29, 1.82) is 0 Å². The molecule has 1 rings (SSSR count). The molecule has 1 aromatic rings. The van der Waals surface area contributed by atoms with Gasteiger partial charge in [-0.1, -0.05) is 23.7 Å². The Balaban J connectivity index is 2.81. The molecule has 0 spiro atoms. The molecule has 1 aromatic carbocycles. The van der Waals surface area contributed by atoms with E-state index in [1.54, 1.807) is 30.9 Å². The van der Waals surface area contributed by atoms with Gasteiger partial charge in [-0.2, -0.15) is 0 Å². The third-order valence-corrected chi connectivity index (χ3v) is 2.87. The third kappa shape index (κ3) is 2.89. The lowest BCUT2D eigenvalue weighted by Crippen LogP contribution is -2.37. The topological polar surface area (TPSA) is 23.6 Å². The number of rotatable bonds is 2. The average molecular weight is 241 g/mol. The minimum Gasteiger partial charge on any atom is -0.331 e. The number of hydrogen-bond acceptors (Lipinski definition) is 1. The molecule has 0 aromatic heterocycles. The molecule has 88 valence electrons. The van der Waals surface area contributed by atoms with E-state index in [-0.39, 0.29) is 12.1 Å². The molecule has 0 saturated carbocycles. The Hall–Kier alpha value is -1.22. The average Bonchev–Trinajstić information content (AvgIpc) is 2.27. The summed E-state index contributed by atoms with van der Waals surface area (Å²) < 4.78 is 0. The summed E-state index contributed by atoms with van der Waals surface area (Å²) in [7, 11) is 5.28. The van der Waals surface area contributed by atoms with Gasteiger partial charge in [-0.15, -0.1) is 0 Å². The zero-order valence-electron chi connectivity index (χ0n) is 10.1. The van der Waals surface area contributed by atoms with Crippen molar-refractivity contribution in [1.82, 2.24) is 9.80 Å². The molecule has 0 saturated heterocycles. The Morgan fingerprint density at radius 1 is 1.19 bits per heavy atom. The van der Waals surface area contributed by atoms with Crippen LogP contribution >= 0.6 is 11.6 Å². The van der Waals surface area contributed by atoms with Gasteiger partial charge < -0.3 is 9.80 Å². The summed E-state index contributed by atoms with van der Waals surface area (Å²) in [5.41, 5.74) is 1.07. The molecular weight excluding hydrogens is 224 g/mol. The molecule has 1 unspecified atom stereocenters. The maximum Gasteiger partial charge on any atom is 0.319 e. The summed E-state index contributed by atoms with van der Waals surface area (Å²) in [4.78, 5) is 15.0. The SMILES string of the molecule is CC(c1ccc(Cl)cc1)N(C)C(=O)N(C)C. The highest BCUT2D eigenvalue weighted by atomic mass is 35.5. The Morgan fingerprint density at radius 2 is 1.69 bits per heavy atom. The van der Waals surface area contributed by atoms with Gasteiger partial charge in [-0.3, -0.25) is 0 Å². The van der Waals surface area contributed by atoms with Crippen LogP contribution in [0.5, 0.6) is 0 Å². The van der Waals surface area contributed by atoms with Gasteiger partial charge >= 0.3 is 6.03 Å². The van der Waals surface area contributed by atoms with E-state index in [9.17, 15) is 4.79 Å². The van der Waals surface area contributed by atoms with Crippen LogP contribution in [-0.4, -0.2) is 37.0 Å². The van der Waals surface area contributed by atoms with Crippen LogP contribution in [0.15, 0.2) is 24.3 Å². The molecule has 1 atom stereocenters. The highest BCUT2D eigenvalue weighted by Gasteiger charge is 2.18. The summed E-state index contributed by atoms with van der Waals surface area (Å²) >= 11 is 5.82. The molecule has 0 N–H and O–H groups in total. The van der Waals surface area contributed by atoms with Crippen molar-refractivity contribution in [3.05, 3.63) is 34.9 Å². The molecule has 0 aliphatic rings. The van der Waals surface area contributed by atoms with Gasteiger partial charge in [-0.25, -0.2) is 4.79 Å². The molecular formula is C12H17ClN2O. The Kier molecular flexibility index (Phi) is 4.19. The Labute approximate surface area is 102 Å². The van der Waals surface area contributed by atoms with Crippen molar-refractivity contribution in [3.8, 4) is 0 Å². The fourth-order valence-corrected chi connectivity index (χ4v) is 1.57. The lowest BCUT2D eigenvalue weighted by molar-refractivity contribution is 0.167. The van der Waals surface area contributed by atoms with Crippen molar-refractivity contribution >= 4 is 17.6 Å². The van der Waals surface area contributed by atoms with Gasteiger partial charge in [0.1, 0.15) is 0 Å². The van der Waals surface area contributed by atoms with Crippen molar-refractivity contribution < 1.29 is 4.79 Å². The van der Waals surface area contributed by atoms with E-state index in [0.29, 0.717) is 5.02 Å². The van der Waals surface area contributed by atoms with Crippen molar-refractivity contribution in [2.75, 3.05) is 21.1 Å². The third-order valence-electron chi connectivity index (χ3n) is 2.62. The summed E-state index contributed by atoms with van der Waals surface area (Å²) in [6.07, 6.45) is 0. The molecule has 0 aliphatic heterocycles. The molecule has 16 heavy (non-hydrogen) atoms. The van der Waals surface area contributed by atoms with E-state index in [1.807, 2.05) is 31.2 Å². The number of carbonyl (C=O) groups is 1. The zero-order chi connectivity index (χ0) is 12.3. The van der Waals surface area contributed by atoms with E-state index in [2.05, 4.69) is 0 Å². The van der Waals surface area contributed by atoms with Crippen LogP contribution in [0, 0.1) is 0 Å². The van der Waals surface area contributed by atoms with Crippen LogP contribution in [0.2, 0.25) is 5.02 Å². The lowest BCUT2D eigenvalue weighted by Gasteiger charge is -2.28. The minimum atomic E-state index is -0.0116. The van der Waals surface area contributed by atoms with Crippen LogP contribution in [-0.2, 0) is 0 Å². The first kappa shape index (κ1) is 12.8. The quantitative estimate of drug-likeness (QED) is 0.780. The molecule has 0 radical (unpaired) electrons. The van der Waals surface area contributed by atoms with E-state index < -0.39 is 0 Å². The normalized spacial score (nSPS) is 12.1. The zero-order valence-corrected chi connectivity index (χ0v) is 10.8. The van der Waals surface area contributed by atoms with E-state index in [4.69, 9.17) is 11.6 Å². The summed E-state index contributed by atoms with van der Waals surface area (Å²) in [6.45, 7) is 1.99. The number of hydrogen-bond donors (Lipinski definition) is 0. The van der Waals surface area contributed by atoms with Crippen LogP contribution in [0.25, 0.3) is 0 Å². The van der Waals surface area contributed by atoms with E-state index >= 15 is 0 Å². The summed E-state index contributed by atoms with van der Waals surface area (Å²) in [5, 5.41) is 0.706. The maximum atomic E-state index is 11.8. The highest BCUT2D eigenvalue weighted by molar-refractivity contribution is 6.30. The van der Waals surface area contributed by atoms with Gasteiger partial charge in [0.2, 0.25) is 0 Å². The number of benzene rings is 1. The van der Waals surface area contributed by atoms with E-state index in [0.717, 1.165) is 5.56 Å². The molecule has 0 fully saturated rings. The molecule has 3 nitrogen and oxygen atoms in total. The van der Waals surface area contributed by atoms with Crippen LogP contribution in [0.4, 0.5) is 4.79 Å². The minimum absolute atomic E-state index is 0.0116. The van der Waals surface area contributed by atoms with Gasteiger partial charge in [0.25, 0.3) is 0 Å². The highest BCUT2D eigenvalue weighted by Crippen LogP contribution is 2.21. The van der Waals surface area contributed by atoms with Gasteiger partial charge in [-0.05, 0) is 24.6 Å². The lowest BCUT2D eigenvalue weighted by atomic mass is 10.1. The second-order valence-corrected chi connectivity index (χ2v) is 4.45. The molecule has 0 aliphatic carbocycles. The first-order valence-electron chi connectivity index (χ1n) is 5.13. The van der Waals surface area contributed by atoms with Gasteiger partial charge in [0.15, 0.2) is 0 Å². The summed E-state index contributed by atoms with van der Waals surface area (Å²) in [6, 6.07) is 7.57. The Morgan fingerprint density at radius 3 is 2.12 bits per heavy atom. The first-order chi connectivity index (χ1) is 7.43. The number of halogens is 1. The number of nitrogens with zero attached hydrogens (tertiary/aromatic N) is 2. The van der Waals surface area contributed by atoms with E-state index in [1.165, 1.54) is 0 Å². The smallest absolute Gasteiger partial charge is 0.319 e. The maximum absolute atomic E-state index is 11.8. The molecule has 0 heterocycles.